The highest BCUT2D eigenvalue weighted by atomic mass is 35.5. The average Bonchev–Trinajstić information content (AvgIpc) is 3.62. The molecule has 276 valence electrons. The predicted octanol–water partition coefficient (Wildman–Crippen LogP) is 2.62. The van der Waals surface area contributed by atoms with E-state index in [1.165, 1.54) is 41.3 Å². The summed E-state index contributed by atoms with van der Waals surface area (Å²) in [6.07, 6.45) is 1.31. The first-order chi connectivity index (χ1) is 25.3. The van der Waals surface area contributed by atoms with Crippen LogP contribution in [0.2, 0.25) is 5.02 Å². The quantitative estimate of drug-likeness (QED) is 0.160. The number of anilines is 3. The third-order valence-electron chi connectivity index (χ3n) is 8.49. The molecule has 16 nitrogen and oxygen atoms in total. The van der Waals surface area contributed by atoms with E-state index >= 15 is 0 Å². The van der Waals surface area contributed by atoms with Crippen LogP contribution in [0.4, 0.5) is 17.1 Å². The van der Waals surface area contributed by atoms with Crippen LogP contribution in [-0.2, 0) is 35.1 Å². The monoisotopic (exact) mass is 743 g/mol. The number of carbonyl (C=O) groups excluding carboxylic acids is 5. The lowest BCUT2D eigenvalue weighted by atomic mass is 10.0. The van der Waals surface area contributed by atoms with Crippen LogP contribution in [0.15, 0.2) is 73.1 Å². The molecule has 3 aromatic carbocycles. The second kappa shape index (κ2) is 15.9. The predicted molar refractivity (Wildman–Crippen MR) is 194 cm³/mol. The molecule has 4 amide bonds. The molecular formula is C36H38ClN9O7. The van der Waals surface area contributed by atoms with Crippen molar-refractivity contribution in [3.63, 3.8) is 0 Å². The maximum Gasteiger partial charge on any atom is 0.338 e. The number of carbonyl (C=O) groups is 5. The van der Waals surface area contributed by atoms with Crippen LogP contribution in [0.25, 0.3) is 5.69 Å². The van der Waals surface area contributed by atoms with E-state index in [0.29, 0.717) is 54.5 Å². The van der Waals surface area contributed by atoms with Gasteiger partial charge in [-0.1, -0.05) is 23.7 Å². The zero-order valence-electron chi connectivity index (χ0n) is 29.2. The van der Waals surface area contributed by atoms with Gasteiger partial charge in [0.15, 0.2) is 0 Å². The Balaban J connectivity index is 1.17. The first kappa shape index (κ1) is 37.1. The van der Waals surface area contributed by atoms with Crippen molar-refractivity contribution in [1.82, 2.24) is 30.4 Å². The fraction of sp³-hybridized carbons (Fsp3) is 0.333. The zero-order chi connectivity index (χ0) is 37.7. The van der Waals surface area contributed by atoms with Gasteiger partial charge in [-0.3, -0.25) is 24.1 Å². The van der Waals surface area contributed by atoms with E-state index in [4.69, 9.17) is 21.1 Å². The Kier molecular flexibility index (Phi) is 11.1. The van der Waals surface area contributed by atoms with Crippen molar-refractivity contribution in [2.45, 2.75) is 44.9 Å². The summed E-state index contributed by atoms with van der Waals surface area (Å²) >= 11 is 6.17. The van der Waals surface area contributed by atoms with E-state index in [0.717, 1.165) is 6.54 Å². The topological polar surface area (TPSA) is 190 Å². The SMILES string of the molecule is CC(C)(C)OC(=O)c1ccc(NC(=O)C(Cc2ccc(N3CCN(C4COC4)CC3=O)cc2)NC(=O)C(=O)Nc2cc(Cl)ccc2-n2cnnn2)cc1. The van der Waals surface area contributed by atoms with Crippen molar-refractivity contribution in [2.24, 2.45) is 0 Å². The molecule has 53 heavy (non-hydrogen) atoms. The Morgan fingerprint density at radius 1 is 0.962 bits per heavy atom. The summed E-state index contributed by atoms with van der Waals surface area (Å²) in [5.41, 5.74) is 1.82. The van der Waals surface area contributed by atoms with E-state index < -0.39 is 35.3 Å². The maximum atomic E-state index is 13.7. The summed E-state index contributed by atoms with van der Waals surface area (Å²) in [4.78, 5) is 69.5. The first-order valence-electron chi connectivity index (χ1n) is 16.8. The Hall–Kier alpha value is -5.71. The molecule has 0 bridgehead atoms. The van der Waals surface area contributed by atoms with Crippen molar-refractivity contribution in [2.75, 3.05) is 48.4 Å². The van der Waals surface area contributed by atoms with Crippen molar-refractivity contribution < 1.29 is 33.4 Å². The normalized spacial score (nSPS) is 15.6. The van der Waals surface area contributed by atoms with Gasteiger partial charge in [0.1, 0.15) is 18.0 Å². The number of hydrogen-bond acceptors (Lipinski definition) is 11. The Bertz CT molecular complexity index is 1980. The number of nitrogens with one attached hydrogen (secondary N) is 3. The minimum absolute atomic E-state index is 0.00241. The number of hydrogen-bond donors (Lipinski definition) is 3. The van der Waals surface area contributed by atoms with Gasteiger partial charge >= 0.3 is 17.8 Å². The molecule has 0 spiro atoms. The summed E-state index contributed by atoms with van der Waals surface area (Å²) in [7, 11) is 0. The van der Waals surface area contributed by atoms with E-state index in [2.05, 4.69) is 36.4 Å². The molecule has 1 atom stereocenters. The number of esters is 1. The molecule has 3 N–H and O–H groups in total. The highest BCUT2D eigenvalue weighted by Gasteiger charge is 2.33. The van der Waals surface area contributed by atoms with E-state index in [-0.39, 0.29) is 29.1 Å². The summed E-state index contributed by atoms with van der Waals surface area (Å²) in [5.74, 6) is -3.32. The first-order valence-corrected chi connectivity index (χ1v) is 17.2. The standard InChI is InChI=1S/C36H38ClN9O7/c1-36(2,3)53-35(51)23-6-9-25(10-7-23)39-32(48)29(41-34(50)33(49)40-28-17-24(37)8-13-30(28)46-21-38-42-43-46)16-22-4-11-26(12-5-22)45-15-14-44(18-31(45)47)27-19-52-20-27/h4-13,17,21,27,29H,14-16,18-20H2,1-3H3,(H,39,48)(H,40,49)(H,41,50). The fourth-order valence-corrected chi connectivity index (χ4v) is 5.88. The van der Waals surface area contributed by atoms with Crippen LogP contribution >= 0.6 is 11.6 Å². The summed E-state index contributed by atoms with van der Waals surface area (Å²) in [6, 6.07) is 16.8. The van der Waals surface area contributed by atoms with Gasteiger partial charge in [-0.05, 0) is 91.4 Å². The molecule has 0 radical (unpaired) electrons. The molecule has 1 aromatic heterocycles. The van der Waals surface area contributed by atoms with Crippen LogP contribution in [-0.4, -0.2) is 105 Å². The second-order valence-corrected chi connectivity index (χ2v) is 14.0. The van der Waals surface area contributed by atoms with Gasteiger partial charge in [0.25, 0.3) is 0 Å². The van der Waals surface area contributed by atoms with E-state index in [1.807, 2.05) is 0 Å². The number of piperazine rings is 1. The van der Waals surface area contributed by atoms with Crippen LogP contribution < -0.4 is 20.9 Å². The molecule has 17 heteroatoms. The molecule has 2 fully saturated rings. The lowest BCUT2D eigenvalue weighted by molar-refractivity contribution is -0.137. The van der Waals surface area contributed by atoms with E-state index in [9.17, 15) is 24.0 Å². The van der Waals surface area contributed by atoms with Crippen molar-refractivity contribution in [3.8, 4) is 5.69 Å². The summed E-state index contributed by atoms with van der Waals surface area (Å²) in [6.45, 7) is 8.10. The van der Waals surface area contributed by atoms with Gasteiger partial charge in [0, 0.05) is 35.9 Å². The van der Waals surface area contributed by atoms with Crippen molar-refractivity contribution in [3.05, 3.63) is 89.2 Å². The number of amides is 4. The lowest BCUT2D eigenvalue weighted by Gasteiger charge is -2.42. The Morgan fingerprint density at radius 3 is 2.32 bits per heavy atom. The molecular weight excluding hydrogens is 706 g/mol. The molecule has 3 heterocycles. The molecule has 2 saturated heterocycles. The molecule has 2 aliphatic heterocycles. The number of rotatable bonds is 10. The minimum atomic E-state index is -1.22. The second-order valence-electron chi connectivity index (χ2n) is 13.5. The fourth-order valence-electron chi connectivity index (χ4n) is 5.71. The molecule has 1 unspecified atom stereocenters. The van der Waals surface area contributed by atoms with Gasteiger partial charge in [-0.15, -0.1) is 5.10 Å². The number of ether oxygens (including phenoxy) is 2. The Morgan fingerprint density at radius 2 is 1.70 bits per heavy atom. The van der Waals surface area contributed by atoms with Crippen LogP contribution in [0.3, 0.4) is 0 Å². The smallest absolute Gasteiger partial charge is 0.338 e. The molecule has 0 saturated carbocycles. The summed E-state index contributed by atoms with van der Waals surface area (Å²) in [5, 5.41) is 19.1. The van der Waals surface area contributed by atoms with Crippen molar-refractivity contribution >= 4 is 58.3 Å². The molecule has 4 aromatic rings. The van der Waals surface area contributed by atoms with Crippen molar-refractivity contribution in [1.29, 1.82) is 0 Å². The number of tetrazole rings is 1. The lowest BCUT2D eigenvalue weighted by Crippen LogP contribution is -2.58. The number of benzene rings is 3. The van der Waals surface area contributed by atoms with Gasteiger partial charge in [-0.2, -0.15) is 4.68 Å². The Labute approximate surface area is 309 Å². The number of aromatic nitrogens is 4. The minimum Gasteiger partial charge on any atom is -0.456 e. The largest absolute Gasteiger partial charge is 0.456 e. The number of nitrogens with zero attached hydrogens (tertiary/aromatic N) is 6. The van der Waals surface area contributed by atoms with Crippen LogP contribution in [0.1, 0.15) is 36.7 Å². The van der Waals surface area contributed by atoms with Gasteiger partial charge in [0.2, 0.25) is 11.8 Å². The average molecular weight is 744 g/mol. The maximum absolute atomic E-state index is 13.7. The summed E-state index contributed by atoms with van der Waals surface area (Å²) < 4.78 is 12.0. The third-order valence-corrected chi connectivity index (χ3v) is 8.73. The third kappa shape index (κ3) is 9.40. The molecule has 0 aliphatic carbocycles. The van der Waals surface area contributed by atoms with Gasteiger partial charge in [-0.25, -0.2) is 4.79 Å². The molecule has 2 aliphatic rings. The highest BCUT2D eigenvalue weighted by molar-refractivity contribution is 6.40. The van der Waals surface area contributed by atoms with Gasteiger partial charge in [0.05, 0.1) is 42.7 Å². The van der Waals surface area contributed by atoms with E-state index in [1.54, 1.807) is 62.1 Å². The van der Waals surface area contributed by atoms with Crippen LogP contribution in [0.5, 0.6) is 0 Å². The zero-order valence-corrected chi connectivity index (χ0v) is 30.0. The van der Waals surface area contributed by atoms with Crippen LogP contribution in [0, 0.1) is 0 Å². The number of halogens is 1. The molecule has 6 rings (SSSR count). The highest BCUT2D eigenvalue weighted by Crippen LogP contribution is 2.25. The van der Waals surface area contributed by atoms with Gasteiger partial charge < -0.3 is 30.3 Å².